The van der Waals surface area contributed by atoms with Crippen molar-refractivity contribution in [2.45, 2.75) is 32.2 Å². The normalized spacial score (nSPS) is 21.2. The first-order chi connectivity index (χ1) is 10.0. The van der Waals surface area contributed by atoms with E-state index in [0.717, 1.165) is 34.9 Å². The number of aryl methyl sites for hydroxylation is 2. The first kappa shape index (κ1) is 14.0. The molecule has 1 aromatic rings. The van der Waals surface area contributed by atoms with Crippen molar-refractivity contribution in [3.05, 3.63) is 15.6 Å². The van der Waals surface area contributed by atoms with E-state index >= 15 is 0 Å². The van der Waals surface area contributed by atoms with Crippen LogP contribution in [0.4, 0.5) is 4.79 Å². The van der Waals surface area contributed by atoms with Crippen molar-refractivity contribution in [2.75, 3.05) is 13.1 Å². The Morgan fingerprint density at radius 2 is 2.33 bits per heavy atom. The maximum absolute atomic E-state index is 12.1. The summed E-state index contributed by atoms with van der Waals surface area (Å²) in [5, 5.41) is 6.28. The highest BCUT2D eigenvalue weighted by Gasteiger charge is 2.32. The molecule has 7 nitrogen and oxygen atoms in total. The number of hydrogen-bond acceptors (Lipinski definition) is 5. The average Bonchev–Trinajstić information content (AvgIpc) is 2.96. The van der Waals surface area contributed by atoms with E-state index in [2.05, 4.69) is 15.6 Å². The molecule has 2 N–H and O–H groups in total. The fraction of sp³-hybridized carbons (Fsp3) is 0.538. The highest BCUT2D eigenvalue weighted by atomic mass is 32.1. The van der Waals surface area contributed by atoms with Gasteiger partial charge in [-0.1, -0.05) is 0 Å². The number of nitrogens with one attached hydrogen (secondary N) is 2. The molecule has 1 fully saturated rings. The van der Waals surface area contributed by atoms with Crippen LogP contribution in [0.2, 0.25) is 0 Å². The van der Waals surface area contributed by atoms with Crippen molar-refractivity contribution in [2.24, 2.45) is 0 Å². The van der Waals surface area contributed by atoms with Crippen LogP contribution in [-0.2, 0) is 16.0 Å². The number of amides is 4. The molecule has 8 heteroatoms. The van der Waals surface area contributed by atoms with Crippen LogP contribution >= 0.6 is 11.3 Å². The predicted octanol–water partition coefficient (Wildman–Crippen LogP) is 0.497. The van der Waals surface area contributed by atoms with E-state index in [0.29, 0.717) is 0 Å². The second-order valence-electron chi connectivity index (χ2n) is 5.19. The Morgan fingerprint density at radius 1 is 1.52 bits per heavy atom. The van der Waals surface area contributed by atoms with Gasteiger partial charge in [0.2, 0.25) is 5.91 Å². The first-order valence-corrected chi connectivity index (χ1v) is 7.70. The van der Waals surface area contributed by atoms with E-state index in [4.69, 9.17) is 0 Å². The number of urea groups is 1. The Kier molecular flexibility index (Phi) is 3.62. The third-order valence-electron chi connectivity index (χ3n) is 3.64. The summed E-state index contributed by atoms with van der Waals surface area (Å²) in [4.78, 5) is 41.6. The molecule has 2 aliphatic rings. The summed E-state index contributed by atoms with van der Waals surface area (Å²) in [6, 6.07) is -0.629. The van der Waals surface area contributed by atoms with Gasteiger partial charge in [0.25, 0.3) is 5.91 Å². The Bertz CT molecular complexity index is 597. The van der Waals surface area contributed by atoms with Gasteiger partial charge in [-0.25, -0.2) is 9.78 Å². The lowest BCUT2D eigenvalue weighted by Gasteiger charge is -2.23. The summed E-state index contributed by atoms with van der Waals surface area (Å²) in [5.41, 5.74) is 0.939. The number of hydrogen-bond donors (Lipinski definition) is 2. The van der Waals surface area contributed by atoms with E-state index in [9.17, 15) is 14.4 Å². The van der Waals surface area contributed by atoms with Crippen LogP contribution in [0, 0.1) is 6.92 Å². The Labute approximate surface area is 125 Å². The van der Waals surface area contributed by atoms with Crippen molar-refractivity contribution >= 4 is 29.2 Å². The predicted molar refractivity (Wildman–Crippen MR) is 75.8 cm³/mol. The molecule has 112 valence electrons. The maximum Gasteiger partial charge on any atom is 0.325 e. The van der Waals surface area contributed by atoms with Crippen LogP contribution in [0.15, 0.2) is 0 Å². The highest BCUT2D eigenvalue weighted by molar-refractivity contribution is 7.11. The summed E-state index contributed by atoms with van der Waals surface area (Å²) in [5.74, 6) is -0.701. The quantitative estimate of drug-likeness (QED) is 0.795. The van der Waals surface area contributed by atoms with Crippen molar-refractivity contribution < 1.29 is 14.4 Å². The summed E-state index contributed by atoms with van der Waals surface area (Å²) in [6.07, 6.45) is 2.84. The van der Waals surface area contributed by atoms with E-state index in [1.54, 1.807) is 11.3 Å². The van der Waals surface area contributed by atoms with E-state index in [1.165, 1.54) is 4.88 Å². The van der Waals surface area contributed by atoms with Crippen LogP contribution in [0.3, 0.4) is 0 Å². The third kappa shape index (κ3) is 2.76. The topological polar surface area (TPSA) is 91.4 Å². The fourth-order valence-electron chi connectivity index (χ4n) is 2.68. The Hall–Kier alpha value is -1.96. The second kappa shape index (κ2) is 5.44. The van der Waals surface area contributed by atoms with Crippen molar-refractivity contribution in [1.82, 2.24) is 20.5 Å². The summed E-state index contributed by atoms with van der Waals surface area (Å²) in [6.45, 7) is 1.68. The van der Waals surface area contributed by atoms with Crippen LogP contribution < -0.4 is 10.6 Å². The molecule has 2 heterocycles. The highest BCUT2D eigenvalue weighted by Crippen LogP contribution is 2.32. The van der Waals surface area contributed by atoms with E-state index in [-0.39, 0.29) is 30.9 Å². The molecule has 0 saturated carbocycles. The second-order valence-corrected chi connectivity index (χ2v) is 6.48. The van der Waals surface area contributed by atoms with Crippen molar-refractivity contribution in [3.8, 4) is 0 Å². The van der Waals surface area contributed by atoms with Crippen LogP contribution in [0.1, 0.15) is 34.5 Å². The average molecular weight is 308 g/mol. The first-order valence-electron chi connectivity index (χ1n) is 6.88. The van der Waals surface area contributed by atoms with Crippen LogP contribution in [-0.4, -0.2) is 40.8 Å². The number of aromatic nitrogens is 1. The lowest BCUT2D eigenvalue weighted by atomic mass is 9.97. The van der Waals surface area contributed by atoms with Crippen molar-refractivity contribution in [1.29, 1.82) is 0 Å². The molecule has 21 heavy (non-hydrogen) atoms. The number of carbonyl (C=O) groups excluding carboxylic acids is 3. The van der Waals surface area contributed by atoms with Gasteiger partial charge in [-0.2, -0.15) is 0 Å². The molecule has 1 saturated heterocycles. The number of nitrogens with zero attached hydrogens (tertiary/aromatic N) is 2. The summed E-state index contributed by atoms with van der Waals surface area (Å²) >= 11 is 1.66. The molecule has 1 unspecified atom stereocenters. The van der Waals surface area contributed by atoms with Gasteiger partial charge < -0.3 is 10.6 Å². The molecule has 1 aromatic heterocycles. The molecule has 1 aliphatic heterocycles. The molecular weight excluding hydrogens is 292 g/mol. The molecule has 0 aromatic carbocycles. The largest absolute Gasteiger partial charge is 0.346 e. The molecule has 0 spiro atoms. The van der Waals surface area contributed by atoms with Gasteiger partial charge in [-0.15, -0.1) is 11.3 Å². The third-order valence-corrected chi connectivity index (χ3v) is 4.68. The minimum Gasteiger partial charge on any atom is -0.346 e. The van der Waals surface area contributed by atoms with E-state index in [1.807, 2.05) is 6.92 Å². The number of fused-ring (bicyclic) bond motifs is 1. The SMILES string of the molecule is Cc1nc2c(s1)CCCC2NC(=O)CN1C(=O)CNC1=O. The molecular formula is C13H16N4O3S. The lowest BCUT2D eigenvalue weighted by molar-refractivity contribution is -0.131. The van der Waals surface area contributed by atoms with Crippen LogP contribution in [0.5, 0.6) is 0 Å². The minimum absolute atomic E-state index is 0.0367. The zero-order valence-corrected chi connectivity index (χ0v) is 12.5. The summed E-state index contributed by atoms with van der Waals surface area (Å²) in [7, 11) is 0. The molecule has 1 atom stereocenters. The minimum atomic E-state index is -0.510. The molecule has 3 rings (SSSR count). The lowest BCUT2D eigenvalue weighted by Crippen LogP contribution is -2.42. The number of thiazole rings is 1. The van der Waals surface area contributed by atoms with E-state index < -0.39 is 6.03 Å². The maximum atomic E-state index is 12.1. The zero-order chi connectivity index (χ0) is 15.0. The standard InChI is InChI=1S/C13H16N4O3S/c1-7-15-12-8(3-2-4-9(12)21-7)16-10(18)6-17-11(19)5-14-13(17)20/h8H,2-6H2,1H3,(H,14,20)(H,16,18). The monoisotopic (exact) mass is 308 g/mol. The zero-order valence-electron chi connectivity index (χ0n) is 11.6. The Balaban J connectivity index is 1.66. The fourth-order valence-corrected chi connectivity index (χ4v) is 3.72. The van der Waals surface area contributed by atoms with Crippen LogP contribution in [0.25, 0.3) is 0 Å². The summed E-state index contributed by atoms with van der Waals surface area (Å²) < 4.78 is 0. The smallest absolute Gasteiger partial charge is 0.325 e. The van der Waals surface area contributed by atoms with Gasteiger partial charge in [0, 0.05) is 4.88 Å². The molecule has 0 bridgehead atoms. The number of imide groups is 1. The van der Waals surface area contributed by atoms with Crippen molar-refractivity contribution in [3.63, 3.8) is 0 Å². The van der Waals surface area contributed by atoms with Gasteiger partial charge in [0.05, 0.1) is 23.3 Å². The van der Waals surface area contributed by atoms with Gasteiger partial charge in [0.15, 0.2) is 0 Å². The number of carbonyl (C=O) groups is 3. The molecule has 1 aliphatic carbocycles. The van der Waals surface area contributed by atoms with Gasteiger partial charge in [0.1, 0.15) is 6.54 Å². The number of rotatable bonds is 3. The van der Waals surface area contributed by atoms with Gasteiger partial charge in [-0.3, -0.25) is 14.5 Å². The van der Waals surface area contributed by atoms with Gasteiger partial charge >= 0.3 is 6.03 Å². The Morgan fingerprint density at radius 3 is 3.05 bits per heavy atom. The van der Waals surface area contributed by atoms with Gasteiger partial charge in [-0.05, 0) is 26.2 Å². The molecule has 4 amide bonds. The molecule has 0 radical (unpaired) electrons.